The normalized spacial score (nSPS) is 29.0. The molecular weight excluding hydrogens is 422 g/mol. The summed E-state index contributed by atoms with van der Waals surface area (Å²) in [5.74, 6) is -3.62. The van der Waals surface area contributed by atoms with Crippen LogP contribution in [-0.4, -0.2) is 54.3 Å². The Morgan fingerprint density at radius 2 is 1.76 bits per heavy atom. The highest BCUT2D eigenvalue weighted by Gasteiger charge is 2.73. The summed E-state index contributed by atoms with van der Waals surface area (Å²) in [5, 5.41) is 2.84. The van der Waals surface area contributed by atoms with Gasteiger partial charge >= 0.3 is 5.97 Å². The maximum atomic E-state index is 13.9. The van der Waals surface area contributed by atoms with Crippen LogP contribution in [-0.2, 0) is 23.9 Å². The van der Waals surface area contributed by atoms with Crippen LogP contribution in [0.3, 0.4) is 0 Å². The summed E-state index contributed by atoms with van der Waals surface area (Å²) in [6, 6.07) is 16.1. The average Bonchev–Trinajstić information content (AvgIpc) is 3.26. The van der Waals surface area contributed by atoms with Gasteiger partial charge in [0, 0.05) is 19.1 Å². The summed E-state index contributed by atoms with van der Waals surface area (Å²) in [6.07, 6.45) is -0.305. The SMILES string of the molecule is COC(=O)CC12C(=O)NCCN1C(c1ccccc1)C1C(=O)N(c3ccccc3C)C(=O)C12. The molecule has 170 valence electrons. The second-order valence-electron chi connectivity index (χ2n) is 8.78. The number of benzene rings is 2. The van der Waals surface area contributed by atoms with Gasteiger partial charge in [-0.1, -0.05) is 48.5 Å². The maximum absolute atomic E-state index is 13.9. The number of nitrogens with one attached hydrogen (secondary N) is 1. The standard InChI is InChI=1S/C25H25N3O5/c1-15-8-6-7-11-17(15)28-22(30)19-20(23(28)31)25(14-18(29)33-2)24(32)26-12-13-27(25)21(19)16-9-4-3-5-10-16/h3-11,19-21H,12-14H2,1-2H3,(H,26,32). The van der Waals surface area contributed by atoms with Gasteiger partial charge in [-0.05, 0) is 24.1 Å². The maximum Gasteiger partial charge on any atom is 0.307 e. The molecule has 0 saturated carbocycles. The van der Waals surface area contributed by atoms with E-state index in [9.17, 15) is 19.2 Å². The molecule has 3 aliphatic rings. The second kappa shape index (κ2) is 7.81. The van der Waals surface area contributed by atoms with Gasteiger partial charge in [-0.2, -0.15) is 0 Å². The van der Waals surface area contributed by atoms with Gasteiger partial charge in [0.25, 0.3) is 0 Å². The van der Waals surface area contributed by atoms with Crippen molar-refractivity contribution >= 4 is 29.4 Å². The van der Waals surface area contributed by atoms with Crippen LogP contribution < -0.4 is 10.2 Å². The lowest BCUT2D eigenvalue weighted by molar-refractivity contribution is -0.154. The minimum atomic E-state index is -1.50. The molecule has 4 atom stereocenters. The van der Waals surface area contributed by atoms with Crippen molar-refractivity contribution in [3.63, 3.8) is 0 Å². The summed E-state index contributed by atoms with van der Waals surface area (Å²) in [7, 11) is 1.26. The number of piperazine rings is 1. The van der Waals surface area contributed by atoms with Crippen LogP contribution in [0.1, 0.15) is 23.6 Å². The number of methoxy groups -OCH3 is 1. The number of anilines is 1. The summed E-state index contributed by atoms with van der Waals surface area (Å²) in [4.78, 5) is 57.0. The molecule has 3 heterocycles. The molecule has 5 rings (SSSR count). The molecule has 3 aliphatic heterocycles. The summed E-state index contributed by atoms with van der Waals surface area (Å²) >= 11 is 0. The van der Waals surface area contributed by atoms with Crippen molar-refractivity contribution in [1.82, 2.24) is 10.2 Å². The van der Waals surface area contributed by atoms with Gasteiger partial charge in [0.2, 0.25) is 17.7 Å². The molecule has 2 aromatic carbocycles. The molecule has 8 nitrogen and oxygen atoms in total. The number of aryl methyl sites for hydroxylation is 1. The Hall–Kier alpha value is -3.52. The third-order valence-electron chi connectivity index (χ3n) is 7.22. The number of nitrogens with zero attached hydrogens (tertiary/aromatic N) is 2. The van der Waals surface area contributed by atoms with Crippen LogP contribution in [0.25, 0.3) is 0 Å². The molecule has 2 aromatic rings. The third kappa shape index (κ3) is 2.94. The number of amides is 3. The molecule has 0 spiro atoms. The molecule has 3 fully saturated rings. The third-order valence-corrected chi connectivity index (χ3v) is 7.22. The van der Waals surface area contributed by atoms with E-state index < -0.39 is 41.2 Å². The van der Waals surface area contributed by atoms with Gasteiger partial charge in [0.1, 0.15) is 5.54 Å². The Morgan fingerprint density at radius 3 is 2.45 bits per heavy atom. The zero-order valence-corrected chi connectivity index (χ0v) is 18.5. The van der Waals surface area contributed by atoms with E-state index in [2.05, 4.69) is 5.32 Å². The predicted octanol–water partition coefficient (Wildman–Crippen LogP) is 1.59. The number of ether oxygens (including phenoxy) is 1. The fourth-order valence-electron chi connectivity index (χ4n) is 5.86. The number of carbonyl (C=O) groups excluding carboxylic acids is 4. The van der Waals surface area contributed by atoms with E-state index in [0.717, 1.165) is 11.1 Å². The topological polar surface area (TPSA) is 96.0 Å². The van der Waals surface area contributed by atoms with Gasteiger partial charge < -0.3 is 10.1 Å². The molecule has 0 aromatic heterocycles. The molecule has 3 saturated heterocycles. The Kier molecular flexibility index (Phi) is 5.05. The van der Waals surface area contributed by atoms with Crippen molar-refractivity contribution in [1.29, 1.82) is 0 Å². The van der Waals surface area contributed by atoms with E-state index in [0.29, 0.717) is 18.8 Å². The van der Waals surface area contributed by atoms with Gasteiger partial charge in [-0.25, -0.2) is 4.90 Å². The molecule has 8 heteroatoms. The summed E-state index contributed by atoms with van der Waals surface area (Å²) in [6.45, 7) is 2.62. The van der Waals surface area contributed by atoms with Crippen molar-refractivity contribution in [2.45, 2.75) is 24.9 Å². The number of rotatable bonds is 4. The van der Waals surface area contributed by atoms with E-state index in [-0.39, 0.29) is 12.3 Å². The van der Waals surface area contributed by atoms with Crippen LogP contribution in [0.5, 0.6) is 0 Å². The van der Waals surface area contributed by atoms with Crippen LogP contribution in [0.2, 0.25) is 0 Å². The first-order chi connectivity index (χ1) is 15.9. The quantitative estimate of drug-likeness (QED) is 0.565. The van der Waals surface area contributed by atoms with Crippen molar-refractivity contribution < 1.29 is 23.9 Å². The number of imide groups is 1. The second-order valence-corrected chi connectivity index (χ2v) is 8.78. The lowest BCUT2D eigenvalue weighted by Crippen LogP contribution is -2.67. The van der Waals surface area contributed by atoms with Gasteiger partial charge in [0.05, 0.1) is 31.1 Å². The van der Waals surface area contributed by atoms with Crippen molar-refractivity contribution in [2.24, 2.45) is 11.8 Å². The molecule has 0 aliphatic carbocycles. The highest BCUT2D eigenvalue weighted by Crippen LogP contribution is 2.57. The zero-order chi connectivity index (χ0) is 23.3. The fourth-order valence-corrected chi connectivity index (χ4v) is 5.86. The molecule has 0 bridgehead atoms. The molecule has 0 radical (unpaired) electrons. The molecular formula is C25H25N3O5. The van der Waals surface area contributed by atoms with Crippen molar-refractivity contribution in [2.75, 3.05) is 25.1 Å². The number of esters is 1. The zero-order valence-electron chi connectivity index (χ0n) is 18.5. The number of hydrogen-bond acceptors (Lipinski definition) is 6. The van der Waals surface area contributed by atoms with Crippen molar-refractivity contribution in [3.8, 4) is 0 Å². The Bertz CT molecular complexity index is 1150. The van der Waals surface area contributed by atoms with E-state index in [1.165, 1.54) is 12.0 Å². The van der Waals surface area contributed by atoms with Gasteiger partial charge in [-0.15, -0.1) is 0 Å². The summed E-state index contributed by atoms with van der Waals surface area (Å²) in [5.41, 5.74) is 0.620. The molecule has 3 amide bonds. The lowest BCUT2D eigenvalue weighted by Gasteiger charge is -2.45. The number of hydrogen-bond donors (Lipinski definition) is 1. The van der Waals surface area contributed by atoms with E-state index in [1.54, 1.807) is 12.1 Å². The van der Waals surface area contributed by atoms with E-state index >= 15 is 0 Å². The monoisotopic (exact) mass is 447 g/mol. The fraction of sp³-hybridized carbons (Fsp3) is 0.360. The van der Waals surface area contributed by atoms with Crippen LogP contribution in [0.4, 0.5) is 5.69 Å². The Morgan fingerprint density at radius 1 is 1.06 bits per heavy atom. The van der Waals surface area contributed by atoms with E-state index in [1.807, 2.05) is 54.3 Å². The van der Waals surface area contributed by atoms with Crippen LogP contribution in [0.15, 0.2) is 54.6 Å². The number of fused-ring (bicyclic) bond motifs is 3. The van der Waals surface area contributed by atoms with Gasteiger partial charge in [-0.3, -0.25) is 24.1 Å². The highest BCUT2D eigenvalue weighted by molar-refractivity contribution is 6.25. The highest BCUT2D eigenvalue weighted by atomic mass is 16.5. The first kappa shape index (κ1) is 21.3. The van der Waals surface area contributed by atoms with Crippen molar-refractivity contribution in [3.05, 3.63) is 65.7 Å². The number of para-hydroxylation sites is 1. The molecule has 33 heavy (non-hydrogen) atoms. The minimum absolute atomic E-state index is 0.305. The van der Waals surface area contributed by atoms with E-state index in [4.69, 9.17) is 4.74 Å². The average molecular weight is 447 g/mol. The first-order valence-corrected chi connectivity index (χ1v) is 11.0. The first-order valence-electron chi connectivity index (χ1n) is 11.0. The largest absolute Gasteiger partial charge is 0.469 e. The van der Waals surface area contributed by atoms with Crippen LogP contribution >= 0.6 is 0 Å². The minimum Gasteiger partial charge on any atom is -0.469 e. The predicted molar refractivity (Wildman–Crippen MR) is 119 cm³/mol. The number of carbonyl (C=O) groups is 4. The lowest BCUT2D eigenvalue weighted by atomic mass is 9.76. The van der Waals surface area contributed by atoms with Crippen LogP contribution in [0, 0.1) is 18.8 Å². The summed E-state index contributed by atoms with van der Waals surface area (Å²) < 4.78 is 4.93. The Balaban J connectivity index is 1.72. The Labute approximate surface area is 191 Å². The molecule has 4 unspecified atom stereocenters. The van der Waals surface area contributed by atoms with Gasteiger partial charge in [0.15, 0.2) is 0 Å². The molecule has 1 N–H and O–H groups in total. The smallest absolute Gasteiger partial charge is 0.307 e.